The normalized spacial score (nSPS) is 27.0. The molecule has 16 heavy (non-hydrogen) atoms. The third-order valence-corrected chi connectivity index (χ3v) is 3.22. The van der Waals surface area contributed by atoms with Crippen LogP contribution in [0.5, 0.6) is 0 Å². The lowest BCUT2D eigenvalue weighted by Crippen LogP contribution is -2.39. The molecule has 1 rings (SSSR count). The first-order valence-electron chi connectivity index (χ1n) is 6.85. The molecule has 0 aromatic heterocycles. The first-order chi connectivity index (χ1) is 7.53. The van der Waals surface area contributed by atoms with Gasteiger partial charge in [0.2, 0.25) is 0 Å². The average molecular weight is 227 g/mol. The van der Waals surface area contributed by atoms with Gasteiger partial charge < -0.3 is 10.1 Å². The summed E-state index contributed by atoms with van der Waals surface area (Å²) >= 11 is 0. The molecular weight excluding hydrogens is 198 g/mol. The summed E-state index contributed by atoms with van der Waals surface area (Å²) in [5.74, 6) is 0.722. The van der Waals surface area contributed by atoms with Crippen LogP contribution in [-0.2, 0) is 4.74 Å². The highest BCUT2D eigenvalue weighted by molar-refractivity contribution is 4.80. The Labute approximate surface area is 101 Å². The fourth-order valence-electron chi connectivity index (χ4n) is 2.43. The van der Waals surface area contributed by atoms with Gasteiger partial charge in [-0.05, 0) is 43.6 Å². The van der Waals surface area contributed by atoms with Gasteiger partial charge in [-0.3, -0.25) is 0 Å². The Hall–Kier alpha value is -0.0800. The fraction of sp³-hybridized carbons (Fsp3) is 1.00. The molecule has 1 aliphatic heterocycles. The summed E-state index contributed by atoms with van der Waals surface area (Å²) in [6.45, 7) is 12.4. The third-order valence-electron chi connectivity index (χ3n) is 3.22. The van der Waals surface area contributed by atoms with Crippen LogP contribution in [0.2, 0.25) is 0 Å². The van der Waals surface area contributed by atoms with E-state index in [1.807, 2.05) is 0 Å². The molecule has 96 valence electrons. The molecule has 0 amide bonds. The van der Waals surface area contributed by atoms with Crippen molar-refractivity contribution in [3.8, 4) is 0 Å². The van der Waals surface area contributed by atoms with Gasteiger partial charge in [-0.2, -0.15) is 0 Å². The molecule has 0 radical (unpaired) electrons. The Balaban J connectivity index is 2.37. The lowest BCUT2D eigenvalue weighted by Gasteiger charge is -2.36. The van der Waals surface area contributed by atoms with Crippen LogP contribution in [-0.4, -0.2) is 25.8 Å². The monoisotopic (exact) mass is 227 g/mol. The van der Waals surface area contributed by atoms with Gasteiger partial charge in [-0.25, -0.2) is 0 Å². The van der Waals surface area contributed by atoms with E-state index in [0.717, 1.165) is 25.6 Å². The van der Waals surface area contributed by atoms with Gasteiger partial charge >= 0.3 is 0 Å². The van der Waals surface area contributed by atoms with Crippen molar-refractivity contribution in [2.45, 2.75) is 59.5 Å². The van der Waals surface area contributed by atoms with Crippen LogP contribution in [0.3, 0.4) is 0 Å². The molecule has 0 spiro atoms. The number of rotatable bonds is 5. The van der Waals surface area contributed by atoms with Crippen molar-refractivity contribution in [2.75, 3.05) is 19.7 Å². The Morgan fingerprint density at radius 3 is 2.69 bits per heavy atom. The molecule has 2 unspecified atom stereocenters. The summed E-state index contributed by atoms with van der Waals surface area (Å²) in [6.07, 6.45) is 5.44. The highest BCUT2D eigenvalue weighted by Gasteiger charge is 2.29. The van der Waals surface area contributed by atoms with Gasteiger partial charge in [0.25, 0.3) is 0 Å². The van der Waals surface area contributed by atoms with Crippen LogP contribution in [0.25, 0.3) is 0 Å². The molecule has 1 aliphatic rings. The van der Waals surface area contributed by atoms with Crippen LogP contribution in [0, 0.1) is 11.3 Å². The van der Waals surface area contributed by atoms with Gasteiger partial charge in [0.05, 0.1) is 6.10 Å². The second kappa shape index (κ2) is 6.61. The molecule has 1 fully saturated rings. The van der Waals surface area contributed by atoms with Crippen molar-refractivity contribution < 1.29 is 4.74 Å². The maximum Gasteiger partial charge on any atom is 0.0620 e. The van der Waals surface area contributed by atoms with Gasteiger partial charge in [-0.1, -0.05) is 27.7 Å². The van der Waals surface area contributed by atoms with E-state index >= 15 is 0 Å². The molecular formula is C14H29NO. The largest absolute Gasteiger partial charge is 0.378 e. The standard InChI is InChI=1S/C14H29NO/c1-5-8-15-11-12-7-6-9-16-13(12)10-14(2,3)4/h12-13,15H,5-11H2,1-4H3. The van der Waals surface area contributed by atoms with E-state index in [1.54, 1.807) is 0 Å². The number of hydrogen-bond acceptors (Lipinski definition) is 2. The van der Waals surface area contributed by atoms with Crippen LogP contribution >= 0.6 is 0 Å². The minimum Gasteiger partial charge on any atom is -0.378 e. The Morgan fingerprint density at radius 1 is 1.31 bits per heavy atom. The molecule has 1 saturated heterocycles. The maximum absolute atomic E-state index is 5.96. The van der Waals surface area contributed by atoms with Crippen molar-refractivity contribution in [1.29, 1.82) is 0 Å². The zero-order valence-corrected chi connectivity index (χ0v) is 11.5. The summed E-state index contributed by atoms with van der Waals surface area (Å²) < 4.78 is 5.96. The summed E-state index contributed by atoms with van der Waals surface area (Å²) in [5.41, 5.74) is 0.380. The van der Waals surface area contributed by atoms with Crippen LogP contribution in [0.15, 0.2) is 0 Å². The van der Waals surface area contributed by atoms with Gasteiger partial charge in [0.15, 0.2) is 0 Å². The smallest absolute Gasteiger partial charge is 0.0620 e. The van der Waals surface area contributed by atoms with Crippen molar-refractivity contribution in [3.05, 3.63) is 0 Å². The molecule has 2 nitrogen and oxygen atoms in total. The minimum atomic E-state index is 0.380. The molecule has 0 aromatic carbocycles. The van der Waals surface area contributed by atoms with E-state index in [0.29, 0.717) is 11.5 Å². The number of nitrogens with one attached hydrogen (secondary N) is 1. The zero-order valence-electron chi connectivity index (χ0n) is 11.5. The summed E-state index contributed by atoms with van der Waals surface area (Å²) in [4.78, 5) is 0. The first kappa shape index (κ1) is 14.0. The molecule has 0 aromatic rings. The second-order valence-electron chi connectivity index (χ2n) is 6.28. The highest BCUT2D eigenvalue weighted by Crippen LogP contribution is 2.30. The molecule has 2 heteroatoms. The van der Waals surface area contributed by atoms with Crippen LogP contribution in [0.1, 0.15) is 53.4 Å². The van der Waals surface area contributed by atoms with Gasteiger partial charge in [0, 0.05) is 13.2 Å². The summed E-state index contributed by atoms with van der Waals surface area (Å²) in [6, 6.07) is 0. The van der Waals surface area contributed by atoms with Crippen molar-refractivity contribution in [3.63, 3.8) is 0 Å². The predicted octanol–water partition coefficient (Wildman–Crippen LogP) is 3.22. The highest BCUT2D eigenvalue weighted by atomic mass is 16.5. The lowest BCUT2D eigenvalue weighted by molar-refractivity contribution is -0.0458. The molecule has 2 atom stereocenters. The second-order valence-corrected chi connectivity index (χ2v) is 6.28. The van der Waals surface area contributed by atoms with Crippen LogP contribution in [0.4, 0.5) is 0 Å². The Morgan fingerprint density at radius 2 is 2.06 bits per heavy atom. The Kier molecular flexibility index (Phi) is 5.77. The fourth-order valence-corrected chi connectivity index (χ4v) is 2.43. The van der Waals surface area contributed by atoms with E-state index in [9.17, 15) is 0 Å². The van der Waals surface area contributed by atoms with E-state index < -0.39 is 0 Å². The number of hydrogen-bond donors (Lipinski definition) is 1. The average Bonchev–Trinajstić information content (AvgIpc) is 2.19. The maximum atomic E-state index is 5.96. The number of ether oxygens (including phenoxy) is 1. The van der Waals surface area contributed by atoms with E-state index in [-0.39, 0.29) is 0 Å². The molecule has 1 heterocycles. The summed E-state index contributed by atoms with van der Waals surface area (Å²) in [7, 11) is 0. The molecule has 1 N–H and O–H groups in total. The predicted molar refractivity (Wildman–Crippen MR) is 69.7 cm³/mol. The van der Waals surface area contributed by atoms with E-state index in [1.165, 1.54) is 25.7 Å². The van der Waals surface area contributed by atoms with Crippen molar-refractivity contribution >= 4 is 0 Å². The van der Waals surface area contributed by atoms with Crippen LogP contribution < -0.4 is 5.32 Å². The molecule has 0 saturated carbocycles. The van der Waals surface area contributed by atoms with Crippen molar-refractivity contribution in [1.82, 2.24) is 5.32 Å². The van der Waals surface area contributed by atoms with Gasteiger partial charge in [-0.15, -0.1) is 0 Å². The van der Waals surface area contributed by atoms with E-state index in [4.69, 9.17) is 4.74 Å². The lowest BCUT2D eigenvalue weighted by atomic mass is 9.82. The third kappa shape index (κ3) is 5.31. The summed E-state index contributed by atoms with van der Waals surface area (Å²) in [5, 5.41) is 3.54. The quantitative estimate of drug-likeness (QED) is 0.728. The van der Waals surface area contributed by atoms with E-state index in [2.05, 4.69) is 33.0 Å². The SMILES string of the molecule is CCCNCC1CCCOC1CC(C)(C)C. The van der Waals surface area contributed by atoms with Crippen molar-refractivity contribution in [2.24, 2.45) is 11.3 Å². The van der Waals surface area contributed by atoms with Gasteiger partial charge in [0.1, 0.15) is 0 Å². The zero-order chi connectivity index (χ0) is 12.0. The Bertz CT molecular complexity index is 186. The molecule has 0 aliphatic carbocycles. The topological polar surface area (TPSA) is 21.3 Å². The first-order valence-corrected chi connectivity index (χ1v) is 6.85. The minimum absolute atomic E-state index is 0.380. The molecule has 0 bridgehead atoms.